The standard InChI is InChI=1S/C20H21N3O3/c1-13-4-6-15(7-5-13)14(2)10-16(24)12-23-20(25)18-11-17(26-3)8-9-19(18)21-22-23/h4-9,11,14H,10,12H2,1-3H3/t14-/m1/s1. The quantitative estimate of drug-likeness (QED) is 0.683. The highest BCUT2D eigenvalue weighted by molar-refractivity contribution is 5.81. The maximum atomic E-state index is 12.6. The number of methoxy groups -OCH3 is 1. The lowest BCUT2D eigenvalue weighted by Crippen LogP contribution is -2.28. The molecule has 0 fully saturated rings. The lowest BCUT2D eigenvalue weighted by atomic mass is 9.95. The molecule has 3 aromatic rings. The summed E-state index contributed by atoms with van der Waals surface area (Å²) >= 11 is 0. The number of ketones is 1. The second-order valence-corrected chi connectivity index (χ2v) is 6.49. The maximum absolute atomic E-state index is 12.6. The minimum absolute atomic E-state index is 0.0586. The highest BCUT2D eigenvalue weighted by atomic mass is 16.5. The third kappa shape index (κ3) is 3.79. The number of rotatable bonds is 6. The van der Waals surface area contributed by atoms with Crippen LogP contribution in [0.3, 0.4) is 0 Å². The van der Waals surface area contributed by atoms with Crippen LogP contribution in [0.5, 0.6) is 5.75 Å². The van der Waals surface area contributed by atoms with Gasteiger partial charge >= 0.3 is 0 Å². The minimum Gasteiger partial charge on any atom is -0.497 e. The van der Waals surface area contributed by atoms with E-state index in [1.54, 1.807) is 18.2 Å². The van der Waals surface area contributed by atoms with E-state index in [2.05, 4.69) is 10.3 Å². The Kier molecular flexibility index (Phi) is 5.11. The normalized spacial score (nSPS) is 12.1. The van der Waals surface area contributed by atoms with Crippen molar-refractivity contribution in [3.8, 4) is 5.75 Å². The Bertz CT molecular complexity index is 993. The monoisotopic (exact) mass is 351 g/mol. The molecule has 1 atom stereocenters. The Morgan fingerprint density at radius 2 is 1.92 bits per heavy atom. The summed E-state index contributed by atoms with van der Waals surface area (Å²) in [7, 11) is 1.53. The number of ether oxygens (including phenoxy) is 1. The fourth-order valence-electron chi connectivity index (χ4n) is 2.87. The number of benzene rings is 2. The zero-order valence-electron chi connectivity index (χ0n) is 15.1. The van der Waals surface area contributed by atoms with E-state index in [1.165, 1.54) is 12.7 Å². The van der Waals surface area contributed by atoms with Crippen molar-refractivity contribution in [1.82, 2.24) is 15.0 Å². The number of hydrogen-bond acceptors (Lipinski definition) is 5. The molecule has 1 aromatic heterocycles. The fraction of sp³-hybridized carbons (Fsp3) is 0.300. The molecule has 0 aliphatic carbocycles. The minimum atomic E-state index is -0.342. The maximum Gasteiger partial charge on any atom is 0.278 e. The summed E-state index contributed by atoms with van der Waals surface area (Å²) < 4.78 is 6.26. The molecule has 1 heterocycles. The molecule has 0 amide bonds. The van der Waals surface area contributed by atoms with Crippen LogP contribution < -0.4 is 10.3 Å². The SMILES string of the molecule is COc1ccc2nnn(CC(=O)C[C@@H](C)c3ccc(C)cc3)c(=O)c2c1. The summed E-state index contributed by atoms with van der Waals surface area (Å²) in [4.78, 5) is 25.0. The molecule has 0 spiro atoms. The predicted molar refractivity (Wildman–Crippen MR) is 99.6 cm³/mol. The molecular weight excluding hydrogens is 330 g/mol. The van der Waals surface area contributed by atoms with E-state index < -0.39 is 0 Å². The molecule has 134 valence electrons. The van der Waals surface area contributed by atoms with E-state index in [9.17, 15) is 9.59 Å². The van der Waals surface area contributed by atoms with Gasteiger partial charge in [0.15, 0.2) is 5.78 Å². The number of carbonyl (C=O) groups excluding carboxylic acids is 1. The van der Waals surface area contributed by atoms with Crippen molar-refractivity contribution < 1.29 is 9.53 Å². The van der Waals surface area contributed by atoms with Crippen LogP contribution in [0.1, 0.15) is 30.4 Å². The Balaban J connectivity index is 1.77. The molecule has 0 unspecified atom stereocenters. The Hall–Kier alpha value is -3.02. The van der Waals surface area contributed by atoms with Gasteiger partial charge in [0.25, 0.3) is 5.56 Å². The molecule has 0 bridgehead atoms. The van der Waals surface area contributed by atoms with Crippen LogP contribution >= 0.6 is 0 Å². The van der Waals surface area contributed by atoms with Gasteiger partial charge in [-0.3, -0.25) is 9.59 Å². The van der Waals surface area contributed by atoms with Crippen molar-refractivity contribution >= 4 is 16.7 Å². The van der Waals surface area contributed by atoms with Crippen LogP contribution in [0, 0.1) is 6.92 Å². The van der Waals surface area contributed by atoms with Gasteiger partial charge in [-0.05, 0) is 36.6 Å². The average molecular weight is 351 g/mol. The van der Waals surface area contributed by atoms with Crippen LogP contribution in [0.15, 0.2) is 47.3 Å². The number of hydrogen-bond donors (Lipinski definition) is 0. The van der Waals surface area contributed by atoms with Crippen LogP contribution in [0.4, 0.5) is 0 Å². The Morgan fingerprint density at radius 3 is 2.62 bits per heavy atom. The summed E-state index contributed by atoms with van der Waals surface area (Å²) in [6.07, 6.45) is 0.341. The van der Waals surface area contributed by atoms with Gasteiger partial charge < -0.3 is 4.74 Å². The summed E-state index contributed by atoms with van der Waals surface area (Å²) in [6.45, 7) is 3.94. The van der Waals surface area contributed by atoms with Crippen molar-refractivity contribution in [1.29, 1.82) is 0 Å². The summed E-state index contributed by atoms with van der Waals surface area (Å²) in [5.41, 5.74) is 2.42. The fourth-order valence-corrected chi connectivity index (χ4v) is 2.87. The van der Waals surface area contributed by atoms with Crippen molar-refractivity contribution in [2.45, 2.75) is 32.7 Å². The van der Waals surface area contributed by atoms with Crippen molar-refractivity contribution in [2.24, 2.45) is 0 Å². The van der Waals surface area contributed by atoms with Gasteiger partial charge in [-0.15, -0.1) is 5.10 Å². The molecule has 6 nitrogen and oxygen atoms in total. The number of Topliss-reactive ketones (excluding diaryl/α,β-unsaturated/α-hetero) is 1. The van der Waals surface area contributed by atoms with Gasteiger partial charge in [0.1, 0.15) is 17.8 Å². The third-order valence-corrected chi connectivity index (χ3v) is 4.44. The van der Waals surface area contributed by atoms with Gasteiger partial charge in [0.2, 0.25) is 0 Å². The Labute approximate surface area is 151 Å². The third-order valence-electron chi connectivity index (χ3n) is 4.44. The Morgan fingerprint density at radius 1 is 1.19 bits per heavy atom. The smallest absolute Gasteiger partial charge is 0.278 e. The highest BCUT2D eigenvalue weighted by Gasteiger charge is 2.14. The predicted octanol–water partition coefficient (Wildman–Crippen LogP) is 2.87. The first-order valence-corrected chi connectivity index (χ1v) is 8.47. The first kappa shape index (κ1) is 17.8. The van der Waals surface area contributed by atoms with Crippen LogP contribution in [-0.4, -0.2) is 27.9 Å². The van der Waals surface area contributed by atoms with E-state index in [-0.39, 0.29) is 23.8 Å². The molecule has 6 heteroatoms. The van der Waals surface area contributed by atoms with Crippen LogP contribution in [0.2, 0.25) is 0 Å². The van der Waals surface area contributed by atoms with E-state index in [4.69, 9.17) is 4.74 Å². The van der Waals surface area contributed by atoms with Crippen molar-refractivity contribution in [2.75, 3.05) is 7.11 Å². The highest BCUT2D eigenvalue weighted by Crippen LogP contribution is 2.20. The van der Waals surface area contributed by atoms with Gasteiger partial charge in [0.05, 0.1) is 12.5 Å². The summed E-state index contributed by atoms with van der Waals surface area (Å²) in [6, 6.07) is 13.1. The molecule has 0 aliphatic heterocycles. The molecule has 2 aromatic carbocycles. The zero-order chi connectivity index (χ0) is 18.7. The zero-order valence-corrected chi connectivity index (χ0v) is 15.1. The number of fused-ring (bicyclic) bond motifs is 1. The van der Waals surface area contributed by atoms with Crippen LogP contribution in [-0.2, 0) is 11.3 Å². The van der Waals surface area contributed by atoms with Crippen LogP contribution in [0.25, 0.3) is 10.9 Å². The number of aromatic nitrogens is 3. The second kappa shape index (κ2) is 7.47. The van der Waals surface area contributed by atoms with E-state index >= 15 is 0 Å². The molecule has 0 saturated heterocycles. The first-order valence-electron chi connectivity index (χ1n) is 8.47. The number of nitrogens with zero attached hydrogens (tertiary/aromatic N) is 3. The molecule has 0 radical (unpaired) electrons. The molecule has 0 saturated carbocycles. The van der Waals surface area contributed by atoms with Gasteiger partial charge in [-0.25, -0.2) is 4.68 Å². The van der Waals surface area contributed by atoms with Gasteiger partial charge in [-0.1, -0.05) is 42.0 Å². The summed E-state index contributed by atoms with van der Waals surface area (Å²) in [5.74, 6) is 0.581. The van der Waals surface area contributed by atoms with E-state index in [0.29, 0.717) is 23.1 Å². The van der Waals surface area contributed by atoms with E-state index in [1.807, 2.05) is 38.1 Å². The van der Waals surface area contributed by atoms with E-state index in [0.717, 1.165) is 10.2 Å². The summed E-state index contributed by atoms with van der Waals surface area (Å²) in [5, 5.41) is 8.30. The van der Waals surface area contributed by atoms with Crippen molar-refractivity contribution in [3.63, 3.8) is 0 Å². The van der Waals surface area contributed by atoms with Crippen molar-refractivity contribution in [3.05, 3.63) is 63.9 Å². The topological polar surface area (TPSA) is 74.1 Å². The first-order chi connectivity index (χ1) is 12.5. The average Bonchev–Trinajstić information content (AvgIpc) is 2.64. The molecule has 0 N–H and O–H groups in total. The number of carbonyl (C=O) groups is 1. The molecular formula is C20H21N3O3. The largest absolute Gasteiger partial charge is 0.497 e. The number of aryl methyl sites for hydroxylation is 1. The lowest BCUT2D eigenvalue weighted by molar-refractivity contribution is -0.120. The lowest BCUT2D eigenvalue weighted by Gasteiger charge is -2.12. The van der Waals surface area contributed by atoms with Gasteiger partial charge in [-0.2, -0.15) is 0 Å². The molecule has 26 heavy (non-hydrogen) atoms. The second-order valence-electron chi connectivity index (χ2n) is 6.49. The molecule has 0 aliphatic rings. The van der Waals surface area contributed by atoms with Gasteiger partial charge in [0, 0.05) is 6.42 Å². The molecule has 3 rings (SSSR count).